The summed E-state index contributed by atoms with van der Waals surface area (Å²) < 4.78 is 17.9. The van der Waals surface area contributed by atoms with E-state index in [1.165, 1.54) is 0 Å². The second-order valence-electron chi connectivity index (χ2n) is 8.13. The van der Waals surface area contributed by atoms with Crippen LogP contribution in [0.4, 0.5) is 4.39 Å². The van der Waals surface area contributed by atoms with Crippen LogP contribution < -0.4 is 0 Å². The average molecular weight is 413 g/mol. The summed E-state index contributed by atoms with van der Waals surface area (Å²) in [5.74, 6) is -3.48. The molecule has 1 aliphatic carbocycles. The molecule has 2 N–H and O–H groups in total. The number of carbonyl (C=O) groups excluding carboxylic acids is 2. The molecule has 6 heteroatoms. The fourth-order valence-corrected chi connectivity index (χ4v) is 3.99. The first-order valence-electron chi connectivity index (χ1n) is 10.8. The number of esters is 1. The predicted octanol–water partition coefficient (Wildman–Crippen LogP) is 4.62. The molecule has 166 valence electrons. The first-order chi connectivity index (χ1) is 13.7. The molecule has 1 rings (SSSR count). The smallest absolute Gasteiger partial charge is 0.366 e. The van der Waals surface area contributed by atoms with E-state index in [4.69, 9.17) is 0 Å². The van der Waals surface area contributed by atoms with Crippen LogP contribution in [0.1, 0.15) is 77.6 Å². The molecule has 0 aromatic heterocycles. The summed E-state index contributed by atoms with van der Waals surface area (Å²) in [5.41, 5.74) is 0. The van der Waals surface area contributed by atoms with Gasteiger partial charge in [-0.25, -0.2) is 9.18 Å². The normalized spacial score (nSPS) is 20.9. The first kappa shape index (κ1) is 25.5. The van der Waals surface area contributed by atoms with Crippen molar-refractivity contribution in [1.82, 2.24) is 0 Å². The summed E-state index contributed by atoms with van der Waals surface area (Å²) in [5, 5.41) is 19.2. The quantitative estimate of drug-likeness (QED) is 0.188. The van der Waals surface area contributed by atoms with Gasteiger partial charge in [-0.3, -0.25) is 4.79 Å². The van der Waals surface area contributed by atoms with Crippen molar-refractivity contribution >= 4 is 11.8 Å². The molecule has 0 radical (unpaired) electrons. The maximum absolute atomic E-state index is 13.6. The Hall–Kier alpha value is -1.53. The topological polar surface area (TPSA) is 83.8 Å². The standard InChI is InChI=1S/C23H37FO5/c1-4-5-10-18(17(2)24)11-9-12-19-14-15-21(25)20(19)13-7-6-8-16-23(27,28)22(26)29-3/h9,12,18-20,27-28H,2,4-8,10-11,13-16H2,1,3H3/t18-,19+,20-/m1/s1. The molecule has 1 fully saturated rings. The lowest BCUT2D eigenvalue weighted by molar-refractivity contribution is -0.209. The van der Waals surface area contributed by atoms with Crippen molar-refractivity contribution in [3.8, 4) is 0 Å². The van der Waals surface area contributed by atoms with Gasteiger partial charge in [-0.1, -0.05) is 51.3 Å². The molecule has 0 aliphatic heterocycles. The highest BCUT2D eigenvalue weighted by Gasteiger charge is 2.34. The van der Waals surface area contributed by atoms with Gasteiger partial charge in [-0.05, 0) is 38.0 Å². The van der Waals surface area contributed by atoms with E-state index in [0.29, 0.717) is 25.7 Å². The molecule has 0 bridgehead atoms. The Morgan fingerprint density at radius 3 is 2.69 bits per heavy atom. The van der Waals surface area contributed by atoms with E-state index < -0.39 is 11.8 Å². The van der Waals surface area contributed by atoms with E-state index in [1.54, 1.807) is 0 Å². The molecule has 3 atom stereocenters. The molecule has 0 aromatic carbocycles. The zero-order chi connectivity index (χ0) is 21.9. The van der Waals surface area contributed by atoms with Gasteiger partial charge in [0.05, 0.1) is 12.9 Å². The number of rotatable bonds is 14. The zero-order valence-electron chi connectivity index (χ0n) is 17.9. The average Bonchev–Trinajstić information content (AvgIpc) is 3.02. The largest absolute Gasteiger partial charge is 0.465 e. The number of ketones is 1. The van der Waals surface area contributed by atoms with Gasteiger partial charge in [-0.15, -0.1) is 0 Å². The van der Waals surface area contributed by atoms with E-state index in [0.717, 1.165) is 45.6 Å². The molecule has 1 aliphatic rings. The number of Topliss-reactive ketones (excluding diaryl/α,β-unsaturated/α-hetero) is 1. The zero-order valence-corrected chi connectivity index (χ0v) is 17.9. The lowest BCUT2D eigenvalue weighted by Gasteiger charge is -2.19. The molecule has 0 spiro atoms. The second-order valence-corrected chi connectivity index (χ2v) is 8.13. The number of aliphatic hydroxyl groups is 2. The van der Waals surface area contributed by atoms with Gasteiger partial charge < -0.3 is 14.9 Å². The minimum absolute atomic E-state index is 0.0254. The van der Waals surface area contributed by atoms with Crippen molar-refractivity contribution in [2.45, 2.75) is 83.3 Å². The minimum atomic E-state index is -2.45. The van der Waals surface area contributed by atoms with Crippen LogP contribution in [0.5, 0.6) is 0 Å². The number of allylic oxidation sites excluding steroid dienone is 3. The number of hydrogen-bond acceptors (Lipinski definition) is 5. The first-order valence-corrected chi connectivity index (χ1v) is 10.8. The maximum atomic E-state index is 13.6. The Morgan fingerprint density at radius 1 is 1.34 bits per heavy atom. The third-order valence-corrected chi connectivity index (χ3v) is 5.86. The highest BCUT2D eigenvalue weighted by atomic mass is 19.1. The monoisotopic (exact) mass is 412 g/mol. The highest BCUT2D eigenvalue weighted by molar-refractivity contribution is 5.83. The van der Waals surface area contributed by atoms with Crippen molar-refractivity contribution in [3.05, 3.63) is 24.6 Å². The SMILES string of the molecule is C=C(F)[C@@H](CC=C[C@H]1CCC(=O)[C@@H]1CCCCCC(O)(O)C(=O)OC)CCCC. The number of ether oxygens (including phenoxy) is 1. The molecule has 29 heavy (non-hydrogen) atoms. The van der Waals surface area contributed by atoms with Gasteiger partial charge in [0, 0.05) is 24.7 Å². The van der Waals surface area contributed by atoms with Crippen LogP contribution in [0.2, 0.25) is 0 Å². The Kier molecular flexibility index (Phi) is 11.4. The predicted molar refractivity (Wildman–Crippen MR) is 111 cm³/mol. The summed E-state index contributed by atoms with van der Waals surface area (Å²) >= 11 is 0. The van der Waals surface area contributed by atoms with Crippen molar-refractivity contribution < 1.29 is 28.9 Å². The van der Waals surface area contributed by atoms with Gasteiger partial charge in [0.1, 0.15) is 5.78 Å². The molecular formula is C23H37FO5. The number of methoxy groups -OCH3 is 1. The van der Waals surface area contributed by atoms with E-state index in [1.807, 2.05) is 6.08 Å². The van der Waals surface area contributed by atoms with Crippen molar-refractivity contribution in [3.63, 3.8) is 0 Å². The van der Waals surface area contributed by atoms with Crippen LogP contribution in [0.25, 0.3) is 0 Å². The molecule has 5 nitrogen and oxygen atoms in total. The molecule has 0 saturated heterocycles. The van der Waals surface area contributed by atoms with Gasteiger partial charge in [0.25, 0.3) is 5.79 Å². The Labute approximate surface area is 174 Å². The third-order valence-electron chi connectivity index (χ3n) is 5.86. The lowest BCUT2D eigenvalue weighted by Crippen LogP contribution is -2.39. The summed E-state index contributed by atoms with van der Waals surface area (Å²) in [6, 6.07) is 0. The van der Waals surface area contributed by atoms with Crippen molar-refractivity contribution in [2.24, 2.45) is 17.8 Å². The van der Waals surface area contributed by atoms with E-state index in [9.17, 15) is 24.2 Å². The summed E-state index contributed by atoms with van der Waals surface area (Å²) in [6.45, 7) is 5.54. The van der Waals surface area contributed by atoms with Crippen LogP contribution in [0.15, 0.2) is 24.6 Å². The number of hydrogen-bond donors (Lipinski definition) is 2. The Bertz CT molecular complexity index is 570. The van der Waals surface area contributed by atoms with Gasteiger partial charge in [-0.2, -0.15) is 0 Å². The third kappa shape index (κ3) is 8.79. The summed E-state index contributed by atoms with van der Waals surface area (Å²) in [4.78, 5) is 23.5. The van der Waals surface area contributed by atoms with Crippen LogP contribution in [-0.4, -0.2) is 34.9 Å². The van der Waals surface area contributed by atoms with E-state index in [2.05, 4.69) is 24.3 Å². The Balaban J connectivity index is 2.43. The molecule has 0 unspecified atom stereocenters. The van der Waals surface area contributed by atoms with Crippen LogP contribution in [0.3, 0.4) is 0 Å². The van der Waals surface area contributed by atoms with Gasteiger partial charge in [0.15, 0.2) is 0 Å². The fraction of sp³-hybridized carbons (Fsp3) is 0.739. The van der Waals surface area contributed by atoms with E-state index in [-0.39, 0.29) is 35.8 Å². The number of carbonyl (C=O) groups is 2. The van der Waals surface area contributed by atoms with Crippen molar-refractivity contribution in [1.29, 1.82) is 0 Å². The molecule has 0 heterocycles. The molecule has 1 saturated carbocycles. The molecule has 0 amide bonds. The Morgan fingerprint density at radius 2 is 2.07 bits per heavy atom. The lowest BCUT2D eigenvalue weighted by atomic mass is 9.88. The second kappa shape index (κ2) is 12.9. The molecular weight excluding hydrogens is 375 g/mol. The summed E-state index contributed by atoms with van der Waals surface area (Å²) in [6.07, 6.45) is 11.5. The maximum Gasteiger partial charge on any atom is 0.366 e. The van der Waals surface area contributed by atoms with Gasteiger partial charge in [0.2, 0.25) is 0 Å². The summed E-state index contributed by atoms with van der Waals surface area (Å²) in [7, 11) is 1.11. The number of halogens is 1. The van der Waals surface area contributed by atoms with Crippen LogP contribution in [-0.2, 0) is 14.3 Å². The molecule has 0 aromatic rings. The van der Waals surface area contributed by atoms with Crippen molar-refractivity contribution in [2.75, 3.05) is 7.11 Å². The van der Waals surface area contributed by atoms with Crippen LogP contribution >= 0.6 is 0 Å². The van der Waals surface area contributed by atoms with E-state index >= 15 is 0 Å². The van der Waals surface area contributed by atoms with Crippen LogP contribution in [0, 0.1) is 17.8 Å². The minimum Gasteiger partial charge on any atom is -0.465 e. The highest BCUT2D eigenvalue weighted by Crippen LogP contribution is 2.34. The van der Waals surface area contributed by atoms with Gasteiger partial charge >= 0.3 is 5.97 Å². The number of unbranched alkanes of at least 4 members (excludes halogenated alkanes) is 3. The fourth-order valence-electron chi connectivity index (χ4n) is 3.99.